The molecule has 4 aromatic rings. The standard InChI is InChI=1S/C25H25F3N8O2/c1-14-4-3-5-36(14)13-21(37)32-18-8-20(22(29-11-18)25(26,27)28)34-24(38)16-6-15-7-19(33-23(15)30-9-16)17-10-31-35(2)12-17/h6-12,14H,3-5,13H2,1-2H3,(H,30,33)(H,32,37)(H,34,38)/t14-/m0/s1. The van der Waals surface area contributed by atoms with E-state index >= 15 is 0 Å². The lowest BCUT2D eigenvalue weighted by molar-refractivity contribution is -0.140. The number of carbonyl (C=O) groups excluding carboxylic acids is 2. The van der Waals surface area contributed by atoms with Crippen molar-refractivity contribution in [1.29, 1.82) is 0 Å². The number of pyridine rings is 2. The highest BCUT2D eigenvalue weighted by Crippen LogP contribution is 2.35. The molecular formula is C25H25F3N8O2. The summed E-state index contributed by atoms with van der Waals surface area (Å²) in [6, 6.07) is 4.61. The Morgan fingerprint density at radius 2 is 1.95 bits per heavy atom. The Hall–Kier alpha value is -4.26. The maximum atomic E-state index is 13.7. The number of halogens is 3. The Labute approximate surface area is 215 Å². The Kier molecular flexibility index (Phi) is 6.61. The number of hydrogen-bond donors (Lipinski definition) is 3. The van der Waals surface area contributed by atoms with Gasteiger partial charge in [-0.2, -0.15) is 18.3 Å². The fourth-order valence-corrected chi connectivity index (χ4v) is 4.52. The molecule has 0 bridgehead atoms. The van der Waals surface area contributed by atoms with E-state index in [1.165, 1.54) is 12.3 Å². The van der Waals surface area contributed by atoms with Crippen LogP contribution in [-0.4, -0.2) is 60.6 Å². The molecule has 1 saturated heterocycles. The molecule has 5 rings (SSSR count). The first-order valence-corrected chi connectivity index (χ1v) is 12.0. The number of aromatic amines is 1. The van der Waals surface area contributed by atoms with Crippen LogP contribution in [0.4, 0.5) is 24.5 Å². The number of nitrogens with zero attached hydrogens (tertiary/aromatic N) is 5. The number of carbonyl (C=O) groups is 2. The van der Waals surface area contributed by atoms with Crippen LogP contribution in [0, 0.1) is 0 Å². The van der Waals surface area contributed by atoms with Gasteiger partial charge in [-0.15, -0.1) is 0 Å². The van der Waals surface area contributed by atoms with Gasteiger partial charge in [-0.3, -0.25) is 19.2 Å². The monoisotopic (exact) mass is 526 g/mol. The molecule has 0 saturated carbocycles. The Bertz CT molecular complexity index is 1510. The van der Waals surface area contributed by atoms with Crippen LogP contribution in [0.2, 0.25) is 0 Å². The number of fused-ring (bicyclic) bond motifs is 1. The Morgan fingerprint density at radius 3 is 2.63 bits per heavy atom. The third-order valence-electron chi connectivity index (χ3n) is 6.47. The van der Waals surface area contributed by atoms with Gasteiger partial charge in [-0.25, -0.2) is 9.97 Å². The van der Waals surface area contributed by atoms with Crippen molar-refractivity contribution >= 4 is 34.2 Å². The molecule has 0 spiro atoms. The van der Waals surface area contributed by atoms with Gasteiger partial charge in [0, 0.05) is 36.4 Å². The van der Waals surface area contributed by atoms with E-state index in [1.807, 2.05) is 18.0 Å². The quantitative estimate of drug-likeness (QED) is 0.349. The third kappa shape index (κ3) is 5.37. The van der Waals surface area contributed by atoms with Crippen molar-refractivity contribution in [3.05, 3.63) is 54.2 Å². The van der Waals surface area contributed by atoms with E-state index in [0.717, 1.165) is 42.9 Å². The first kappa shape index (κ1) is 25.4. The molecule has 0 aliphatic carbocycles. The second-order valence-corrected chi connectivity index (χ2v) is 9.33. The first-order chi connectivity index (χ1) is 18.1. The summed E-state index contributed by atoms with van der Waals surface area (Å²) in [6.45, 7) is 2.92. The second-order valence-electron chi connectivity index (χ2n) is 9.33. The van der Waals surface area contributed by atoms with Gasteiger partial charge in [0.2, 0.25) is 5.91 Å². The predicted octanol–water partition coefficient (Wildman–Crippen LogP) is 4.05. The van der Waals surface area contributed by atoms with Crippen LogP contribution < -0.4 is 10.6 Å². The van der Waals surface area contributed by atoms with Crippen molar-refractivity contribution in [1.82, 2.24) is 29.6 Å². The number of aryl methyl sites for hydroxylation is 1. The zero-order valence-corrected chi connectivity index (χ0v) is 20.6. The highest BCUT2D eigenvalue weighted by Gasteiger charge is 2.36. The fraction of sp³-hybridized carbons (Fsp3) is 0.320. The molecule has 0 unspecified atom stereocenters. The molecule has 5 heterocycles. The van der Waals surface area contributed by atoms with Crippen LogP contribution in [0.5, 0.6) is 0 Å². The summed E-state index contributed by atoms with van der Waals surface area (Å²) in [6.07, 6.45) is 2.82. The third-order valence-corrected chi connectivity index (χ3v) is 6.47. The molecule has 198 valence electrons. The normalized spacial score (nSPS) is 16.2. The summed E-state index contributed by atoms with van der Waals surface area (Å²) in [4.78, 5) is 38.3. The van der Waals surface area contributed by atoms with Crippen LogP contribution >= 0.6 is 0 Å². The Morgan fingerprint density at radius 1 is 1.13 bits per heavy atom. The molecule has 10 nitrogen and oxygen atoms in total. The smallest absolute Gasteiger partial charge is 0.339 e. The molecule has 1 atom stereocenters. The fourth-order valence-electron chi connectivity index (χ4n) is 4.52. The summed E-state index contributed by atoms with van der Waals surface area (Å²) in [5.74, 6) is -1.17. The molecule has 1 aliphatic heterocycles. The zero-order chi connectivity index (χ0) is 27.0. The largest absolute Gasteiger partial charge is 0.435 e. The number of nitrogens with one attached hydrogen (secondary N) is 3. The zero-order valence-electron chi connectivity index (χ0n) is 20.6. The van der Waals surface area contributed by atoms with Gasteiger partial charge in [0.25, 0.3) is 5.91 Å². The van der Waals surface area contributed by atoms with Crippen molar-refractivity contribution in [2.24, 2.45) is 7.05 Å². The molecule has 3 N–H and O–H groups in total. The number of anilines is 2. The average molecular weight is 527 g/mol. The van der Waals surface area contributed by atoms with Crippen molar-refractivity contribution < 1.29 is 22.8 Å². The lowest BCUT2D eigenvalue weighted by Gasteiger charge is -2.20. The highest BCUT2D eigenvalue weighted by molar-refractivity contribution is 6.06. The summed E-state index contributed by atoms with van der Waals surface area (Å²) < 4.78 is 42.6. The predicted molar refractivity (Wildman–Crippen MR) is 134 cm³/mol. The average Bonchev–Trinajstić information content (AvgIpc) is 3.57. The molecular weight excluding hydrogens is 501 g/mol. The minimum atomic E-state index is -4.82. The van der Waals surface area contributed by atoms with Crippen molar-refractivity contribution in [2.45, 2.75) is 32.0 Å². The molecule has 1 fully saturated rings. The summed E-state index contributed by atoms with van der Waals surface area (Å²) in [5, 5.41) is 9.59. The Balaban J connectivity index is 1.36. The lowest BCUT2D eigenvalue weighted by Crippen LogP contribution is -2.35. The minimum absolute atomic E-state index is 0.0467. The summed E-state index contributed by atoms with van der Waals surface area (Å²) in [5.41, 5.74) is 0.316. The summed E-state index contributed by atoms with van der Waals surface area (Å²) in [7, 11) is 1.78. The van der Waals surface area contributed by atoms with Crippen LogP contribution in [0.1, 0.15) is 35.8 Å². The van der Waals surface area contributed by atoms with Gasteiger partial charge < -0.3 is 15.6 Å². The van der Waals surface area contributed by atoms with E-state index in [2.05, 4.69) is 30.7 Å². The second kappa shape index (κ2) is 9.89. The van der Waals surface area contributed by atoms with E-state index in [-0.39, 0.29) is 29.7 Å². The van der Waals surface area contributed by atoms with Crippen LogP contribution in [0.15, 0.2) is 43.0 Å². The number of rotatable bonds is 6. The number of H-pyrrole nitrogens is 1. The molecule has 1 aliphatic rings. The van der Waals surface area contributed by atoms with Gasteiger partial charge >= 0.3 is 6.18 Å². The van der Waals surface area contributed by atoms with E-state index in [1.54, 1.807) is 24.0 Å². The number of aromatic nitrogens is 5. The van der Waals surface area contributed by atoms with Gasteiger partial charge in [0.15, 0.2) is 5.69 Å². The highest BCUT2D eigenvalue weighted by atomic mass is 19.4. The molecule has 0 aromatic carbocycles. The maximum absolute atomic E-state index is 13.7. The van der Waals surface area contributed by atoms with Gasteiger partial charge in [0.1, 0.15) is 5.65 Å². The number of alkyl halides is 3. The van der Waals surface area contributed by atoms with Crippen LogP contribution in [0.3, 0.4) is 0 Å². The number of amides is 2. The van der Waals surface area contributed by atoms with Crippen LogP contribution in [0.25, 0.3) is 22.3 Å². The van der Waals surface area contributed by atoms with E-state index in [9.17, 15) is 22.8 Å². The number of hydrogen-bond acceptors (Lipinski definition) is 6. The summed E-state index contributed by atoms with van der Waals surface area (Å²) >= 11 is 0. The van der Waals surface area contributed by atoms with Crippen LogP contribution in [-0.2, 0) is 18.0 Å². The molecule has 2 amide bonds. The lowest BCUT2D eigenvalue weighted by atomic mass is 10.2. The topological polar surface area (TPSA) is 121 Å². The SMILES string of the molecule is C[C@H]1CCCN1CC(=O)Nc1cnc(C(F)(F)F)c(NC(=O)c2cnc3[nH]c(-c4cnn(C)c4)cc3c2)c1. The molecule has 38 heavy (non-hydrogen) atoms. The molecule has 0 radical (unpaired) electrons. The van der Waals surface area contributed by atoms with E-state index < -0.39 is 23.5 Å². The molecule has 13 heteroatoms. The van der Waals surface area contributed by atoms with Gasteiger partial charge in [-0.05, 0) is 44.5 Å². The van der Waals surface area contributed by atoms with Crippen molar-refractivity contribution in [3.8, 4) is 11.3 Å². The minimum Gasteiger partial charge on any atom is -0.339 e. The van der Waals surface area contributed by atoms with Gasteiger partial charge in [-0.1, -0.05) is 0 Å². The number of likely N-dealkylation sites (tertiary alicyclic amines) is 1. The van der Waals surface area contributed by atoms with E-state index in [0.29, 0.717) is 11.0 Å². The maximum Gasteiger partial charge on any atom is 0.435 e. The van der Waals surface area contributed by atoms with E-state index in [4.69, 9.17) is 0 Å². The van der Waals surface area contributed by atoms with Gasteiger partial charge in [0.05, 0.1) is 41.6 Å². The van der Waals surface area contributed by atoms with Crippen molar-refractivity contribution in [2.75, 3.05) is 23.7 Å². The first-order valence-electron chi connectivity index (χ1n) is 12.0. The van der Waals surface area contributed by atoms with Crippen molar-refractivity contribution in [3.63, 3.8) is 0 Å². The molecule has 4 aromatic heterocycles.